The number of unbranched alkanes of at least 4 members (excludes halogenated alkanes) is 16. The van der Waals surface area contributed by atoms with Crippen LogP contribution in [-0.4, -0.2) is 59.8 Å². The van der Waals surface area contributed by atoms with E-state index in [1.54, 1.807) is 0 Å². The molecule has 44 heavy (non-hydrogen) atoms. The molecule has 0 aliphatic carbocycles. The summed E-state index contributed by atoms with van der Waals surface area (Å²) < 4.78 is 5.94. The Morgan fingerprint density at radius 3 is 1.27 bits per heavy atom. The second kappa shape index (κ2) is 32.2. The number of hydrogen-bond donors (Lipinski definition) is 2. The van der Waals surface area contributed by atoms with Gasteiger partial charge in [-0.1, -0.05) is 75.7 Å². The fraction of sp³-hybridized carbons (Fsp3) is 0.811. The zero-order chi connectivity index (χ0) is 32.5. The Morgan fingerprint density at radius 2 is 0.886 bits per heavy atom. The van der Waals surface area contributed by atoms with Crippen molar-refractivity contribution in [2.24, 2.45) is 0 Å². The van der Waals surface area contributed by atoms with E-state index in [-0.39, 0.29) is 24.9 Å². The van der Waals surface area contributed by atoms with Gasteiger partial charge in [0.25, 0.3) is 0 Å². The highest BCUT2D eigenvalue weighted by Crippen LogP contribution is 2.18. The van der Waals surface area contributed by atoms with Gasteiger partial charge < -0.3 is 19.8 Å². The molecule has 0 unspecified atom stereocenters. The highest BCUT2D eigenvalue weighted by atomic mass is 16.5. The van der Waals surface area contributed by atoms with Crippen molar-refractivity contribution in [3.05, 3.63) is 24.3 Å². The summed E-state index contributed by atoms with van der Waals surface area (Å²) in [4.78, 5) is 35.6. The van der Waals surface area contributed by atoms with Crippen molar-refractivity contribution in [3.63, 3.8) is 0 Å². The lowest BCUT2D eigenvalue weighted by Gasteiger charge is -2.18. The number of allylic oxidation sites excluding steroid dienone is 4. The van der Waals surface area contributed by atoms with Crippen molar-refractivity contribution in [2.45, 2.75) is 173 Å². The molecule has 0 aliphatic heterocycles. The van der Waals surface area contributed by atoms with Crippen molar-refractivity contribution < 1.29 is 29.3 Å². The molecule has 0 saturated carbocycles. The van der Waals surface area contributed by atoms with Gasteiger partial charge in [0.2, 0.25) is 0 Å². The highest BCUT2D eigenvalue weighted by Gasteiger charge is 2.14. The molecule has 2 N–H and O–H groups in total. The van der Waals surface area contributed by atoms with Crippen LogP contribution in [0.15, 0.2) is 24.3 Å². The number of aliphatic carboxylic acids is 2. The minimum atomic E-state index is -0.704. The van der Waals surface area contributed by atoms with Crippen LogP contribution in [0.4, 0.5) is 0 Å². The summed E-state index contributed by atoms with van der Waals surface area (Å²) >= 11 is 0. The van der Waals surface area contributed by atoms with Crippen molar-refractivity contribution in [2.75, 3.05) is 20.6 Å². The number of hydrogen-bond acceptors (Lipinski definition) is 5. The minimum absolute atomic E-state index is 0.0401. The molecule has 0 heterocycles. The normalized spacial score (nSPS) is 11.8. The van der Waals surface area contributed by atoms with Gasteiger partial charge in [-0.25, -0.2) is 0 Å². The highest BCUT2D eigenvalue weighted by molar-refractivity contribution is 5.69. The molecule has 0 bridgehead atoms. The van der Waals surface area contributed by atoms with Gasteiger partial charge in [0.05, 0.1) is 0 Å². The number of carboxylic acids is 2. The Morgan fingerprint density at radius 1 is 0.523 bits per heavy atom. The van der Waals surface area contributed by atoms with Crippen LogP contribution in [0.5, 0.6) is 0 Å². The van der Waals surface area contributed by atoms with Crippen LogP contribution in [0.1, 0.15) is 167 Å². The van der Waals surface area contributed by atoms with E-state index in [4.69, 9.17) is 14.9 Å². The molecule has 0 amide bonds. The molecule has 0 radical (unpaired) electrons. The summed E-state index contributed by atoms with van der Waals surface area (Å²) in [5, 5.41) is 17.3. The van der Waals surface area contributed by atoms with E-state index in [1.807, 2.05) is 14.1 Å². The van der Waals surface area contributed by atoms with Gasteiger partial charge in [-0.05, 0) is 117 Å². The maximum Gasteiger partial charge on any atom is 0.306 e. The summed E-state index contributed by atoms with van der Waals surface area (Å²) in [5.74, 6) is -1.45. The Bertz CT molecular complexity index is 700. The molecular weight excluding hydrogens is 554 g/mol. The van der Waals surface area contributed by atoms with Crippen LogP contribution in [0, 0.1) is 0 Å². The third-order valence-corrected chi connectivity index (χ3v) is 7.93. The predicted molar refractivity (Wildman–Crippen MR) is 182 cm³/mol. The molecular formula is C37H67NO6. The second-order valence-corrected chi connectivity index (χ2v) is 12.6. The van der Waals surface area contributed by atoms with Crippen LogP contribution in [0.25, 0.3) is 0 Å². The van der Waals surface area contributed by atoms with Crippen LogP contribution in [0.3, 0.4) is 0 Å². The van der Waals surface area contributed by atoms with Gasteiger partial charge in [0.15, 0.2) is 0 Å². The Balaban J connectivity index is 4.00. The lowest BCUT2D eigenvalue weighted by atomic mass is 10.0. The standard InChI is InChI=1S/C37H67NO6/c1-38(2)33-27-32-37(43)44-34(28-23-19-15-11-7-3-5-9-13-17-21-25-30-35(39)40)29-24-20-16-12-8-4-6-10-14-18-22-26-31-36(41)42/h9-10,13-14,34H,3-8,11-12,15-33H2,1-2H3,(H,39,40)(H,41,42)/b13-9-,14-10-. The largest absolute Gasteiger partial charge is 0.481 e. The third kappa shape index (κ3) is 34.3. The summed E-state index contributed by atoms with van der Waals surface area (Å²) in [6.45, 7) is 0.908. The van der Waals surface area contributed by atoms with Crippen molar-refractivity contribution in [1.82, 2.24) is 4.90 Å². The lowest BCUT2D eigenvalue weighted by molar-refractivity contribution is -0.150. The number of ether oxygens (including phenoxy) is 1. The molecule has 7 heteroatoms. The summed E-state index contributed by atoms with van der Waals surface area (Å²) in [6, 6.07) is 0. The Hall–Kier alpha value is -2.15. The lowest BCUT2D eigenvalue weighted by Crippen LogP contribution is -2.20. The third-order valence-electron chi connectivity index (χ3n) is 7.93. The van der Waals surface area contributed by atoms with E-state index in [1.165, 1.54) is 64.2 Å². The van der Waals surface area contributed by atoms with E-state index in [0.717, 1.165) is 90.0 Å². The number of carbonyl (C=O) groups excluding carboxylic acids is 1. The average Bonchev–Trinajstić information content (AvgIpc) is 2.96. The average molecular weight is 622 g/mol. The number of carbonyl (C=O) groups is 3. The molecule has 256 valence electrons. The van der Waals surface area contributed by atoms with Crippen molar-refractivity contribution in [3.8, 4) is 0 Å². The molecule has 0 aromatic rings. The predicted octanol–water partition coefficient (Wildman–Crippen LogP) is 9.88. The summed E-state index contributed by atoms with van der Waals surface area (Å²) in [5.41, 5.74) is 0. The van der Waals surface area contributed by atoms with E-state index in [2.05, 4.69) is 29.2 Å². The first-order chi connectivity index (χ1) is 21.3. The first-order valence-electron chi connectivity index (χ1n) is 17.9. The second-order valence-electron chi connectivity index (χ2n) is 12.6. The topological polar surface area (TPSA) is 104 Å². The maximum atomic E-state index is 12.5. The van der Waals surface area contributed by atoms with E-state index < -0.39 is 11.9 Å². The van der Waals surface area contributed by atoms with Gasteiger partial charge >= 0.3 is 17.9 Å². The minimum Gasteiger partial charge on any atom is -0.481 e. The number of esters is 1. The number of rotatable bonds is 33. The van der Waals surface area contributed by atoms with Crippen LogP contribution in [0.2, 0.25) is 0 Å². The molecule has 0 aromatic carbocycles. The molecule has 0 atom stereocenters. The monoisotopic (exact) mass is 621 g/mol. The Kier molecular flexibility index (Phi) is 30.7. The van der Waals surface area contributed by atoms with Gasteiger partial charge in [0.1, 0.15) is 6.10 Å². The van der Waals surface area contributed by atoms with Crippen LogP contribution < -0.4 is 0 Å². The van der Waals surface area contributed by atoms with E-state index >= 15 is 0 Å². The maximum absolute atomic E-state index is 12.5. The van der Waals surface area contributed by atoms with Crippen LogP contribution in [-0.2, 0) is 19.1 Å². The smallest absolute Gasteiger partial charge is 0.306 e. The van der Waals surface area contributed by atoms with E-state index in [9.17, 15) is 14.4 Å². The number of carboxylic acid groups (broad SMARTS) is 2. The molecule has 0 fully saturated rings. The molecule has 7 nitrogen and oxygen atoms in total. The molecule has 0 aromatic heterocycles. The fourth-order valence-electron chi connectivity index (χ4n) is 5.28. The first-order valence-corrected chi connectivity index (χ1v) is 17.9. The van der Waals surface area contributed by atoms with Gasteiger partial charge in [-0.2, -0.15) is 0 Å². The van der Waals surface area contributed by atoms with E-state index in [0.29, 0.717) is 6.42 Å². The molecule has 0 saturated heterocycles. The van der Waals surface area contributed by atoms with Gasteiger partial charge in [0, 0.05) is 19.3 Å². The van der Waals surface area contributed by atoms with Gasteiger partial charge in [-0.3, -0.25) is 14.4 Å². The zero-order valence-corrected chi connectivity index (χ0v) is 28.5. The molecule has 0 spiro atoms. The summed E-state index contributed by atoms with van der Waals surface area (Å²) in [6.07, 6.45) is 35.0. The quantitative estimate of drug-likeness (QED) is 0.0427. The zero-order valence-electron chi connectivity index (χ0n) is 28.5. The first kappa shape index (κ1) is 41.9. The Labute approximate surface area is 269 Å². The summed E-state index contributed by atoms with van der Waals surface area (Å²) in [7, 11) is 4.06. The fourth-order valence-corrected chi connectivity index (χ4v) is 5.28. The molecule has 0 rings (SSSR count). The SMILES string of the molecule is CN(C)CCCC(=O)OC(CCCCCCCC/C=C\CCCCC(=O)O)CCCCCCCC/C=C\CCCCC(=O)O. The van der Waals surface area contributed by atoms with Crippen molar-refractivity contribution in [1.29, 1.82) is 0 Å². The van der Waals surface area contributed by atoms with Crippen LogP contribution >= 0.6 is 0 Å². The van der Waals surface area contributed by atoms with Crippen molar-refractivity contribution >= 4 is 17.9 Å². The molecule has 0 aliphatic rings. The number of nitrogens with zero attached hydrogens (tertiary/aromatic N) is 1. The van der Waals surface area contributed by atoms with Gasteiger partial charge in [-0.15, -0.1) is 0 Å².